The van der Waals surface area contributed by atoms with E-state index in [9.17, 15) is 4.79 Å². The summed E-state index contributed by atoms with van der Waals surface area (Å²) in [5.74, 6) is 1.90. The highest BCUT2D eigenvalue weighted by Crippen LogP contribution is 2.30. The molecular formula is C18H23N5O. The fraction of sp³-hybridized carbons (Fsp3) is 0.444. The lowest BCUT2D eigenvalue weighted by Crippen LogP contribution is -2.39. The van der Waals surface area contributed by atoms with Crippen LogP contribution in [0.1, 0.15) is 43.5 Å². The van der Waals surface area contributed by atoms with Crippen LogP contribution in [0.4, 0.5) is 11.6 Å². The summed E-state index contributed by atoms with van der Waals surface area (Å²) in [6, 6.07) is 5.83. The smallest absolute Gasteiger partial charge is 0.222 e. The fourth-order valence-corrected chi connectivity index (χ4v) is 3.13. The first-order valence-corrected chi connectivity index (χ1v) is 8.46. The second-order valence-corrected chi connectivity index (χ2v) is 6.11. The summed E-state index contributed by atoms with van der Waals surface area (Å²) >= 11 is 0. The van der Waals surface area contributed by atoms with Gasteiger partial charge in [0.1, 0.15) is 5.82 Å². The van der Waals surface area contributed by atoms with Crippen molar-refractivity contribution in [1.29, 1.82) is 0 Å². The minimum atomic E-state index is 0.204. The highest BCUT2D eigenvalue weighted by Gasteiger charge is 2.27. The number of aromatic nitrogens is 3. The van der Waals surface area contributed by atoms with Crippen LogP contribution < -0.4 is 5.32 Å². The van der Waals surface area contributed by atoms with E-state index in [-0.39, 0.29) is 11.8 Å². The van der Waals surface area contributed by atoms with E-state index in [1.165, 1.54) is 0 Å². The van der Waals surface area contributed by atoms with Crippen LogP contribution in [0.5, 0.6) is 0 Å². The molecule has 1 amide bonds. The maximum atomic E-state index is 12.0. The topological polar surface area (TPSA) is 71.0 Å². The molecule has 1 fully saturated rings. The number of pyridine rings is 1. The van der Waals surface area contributed by atoms with E-state index in [1.54, 1.807) is 12.4 Å². The van der Waals surface area contributed by atoms with Crippen LogP contribution in [0.25, 0.3) is 0 Å². The molecule has 2 aromatic rings. The number of piperidine rings is 1. The second-order valence-electron chi connectivity index (χ2n) is 6.11. The number of amides is 1. The molecule has 1 aliphatic rings. The standard InChI is InChI=1S/C18H23N5O/c1-3-16(24)23-11-5-7-14(12-23)17-18(20-10-9-19-17)22-15-8-4-6-13(2)21-15/h4,6,8-10,14H,3,5,7,11-12H2,1-2H3,(H,20,21,22)/t14-/m0/s1. The fourth-order valence-electron chi connectivity index (χ4n) is 3.13. The van der Waals surface area contributed by atoms with Gasteiger partial charge in [-0.15, -0.1) is 0 Å². The zero-order chi connectivity index (χ0) is 16.9. The molecule has 0 radical (unpaired) electrons. The third-order valence-electron chi connectivity index (χ3n) is 4.32. The molecule has 1 atom stereocenters. The van der Waals surface area contributed by atoms with Crippen molar-refractivity contribution in [2.24, 2.45) is 0 Å². The minimum absolute atomic E-state index is 0.204. The van der Waals surface area contributed by atoms with Crippen molar-refractivity contribution in [3.63, 3.8) is 0 Å². The Bertz CT molecular complexity index is 718. The Balaban J connectivity index is 1.82. The predicted molar refractivity (Wildman–Crippen MR) is 93.1 cm³/mol. The van der Waals surface area contributed by atoms with Gasteiger partial charge in [-0.3, -0.25) is 9.78 Å². The number of likely N-dealkylation sites (tertiary alicyclic amines) is 1. The molecule has 0 saturated carbocycles. The first kappa shape index (κ1) is 16.4. The summed E-state index contributed by atoms with van der Waals surface area (Å²) in [7, 11) is 0. The Labute approximate surface area is 142 Å². The van der Waals surface area contributed by atoms with E-state index in [0.29, 0.717) is 13.0 Å². The van der Waals surface area contributed by atoms with Gasteiger partial charge in [-0.25, -0.2) is 9.97 Å². The molecule has 0 spiro atoms. The molecule has 0 aliphatic carbocycles. The Morgan fingerprint density at radius 3 is 2.96 bits per heavy atom. The number of hydrogen-bond acceptors (Lipinski definition) is 5. The predicted octanol–water partition coefficient (Wildman–Crippen LogP) is 3.04. The number of carbonyl (C=O) groups is 1. The van der Waals surface area contributed by atoms with Crippen molar-refractivity contribution in [3.05, 3.63) is 42.0 Å². The molecule has 3 heterocycles. The zero-order valence-corrected chi connectivity index (χ0v) is 14.2. The van der Waals surface area contributed by atoms with Crippen LogP contribution in [0.2, 0.25) is 0 Å². The molecule has 0 bridgehead atoms. The molecule has 0 unspecified atom stereocenters. The van der Waals surface area contributed by atoms with Gasteiger partial charge in [-0.2, -0.15) is 0 Å². The average molecular weight is 325 g/mol. The molecule has 1 N–H and O–H groups in total. The normalized spacial score (nSPS) is 17.6. The van der Waals surface area contributed by atoms with Gasteiger partial charge >= 0.3 is 0 Å². The molecule has 2 aromatic heterocycles. The molecule has 1 saturated heterocycles. The van der Waals surface area contributed by atoms with Gasteiger partial charge in [0.25, 0.3) is 0 Å². The van der Waals surface area contributed by atoms with E-state index in [2.05, 4.69) is 20.3 Å². The first-order chi connectivity index (χ1) is 11.7. The van der Waals surface area contributed by atoms with Crippen LogP contribution >= 0.6 is 0 Å². The highest BCUT2D eigenvalue weighted by atomic mass is 16.2. The zero-order valence-electron chi connectivity index (χ0n) is 14.2. The van der Waals surface area contributed by atoms with Gasteiger partial charge in [0.15, 0.2) is 5.82 Å². The molecule has 6 nitrogen and oxygen atoms in total. The van der Waals surface area contributed by atoms with Crippen molar-refractivity contribution in [1.82, 2.24) is 19.9 Å². The quantitative estimate of drug-likeness (QED) is 0.935. The van der Waals surface area contributed by atoms with Gasteiger partial charge in [0.2, 0.25) is 5.91 Å². The lowest BCUT2D eigenvalue weighted by atomic mass is 9.94. The number of aryl methyl sites for hydroxylation is 1. The molecule has 1 aliphatic heterocycles. The second kappa shape index (κ2) is 7.38. The number of nitrogens with zero attached hydrogens (tertiary/aromatic N) is 4. The van der Waals surface area contributed by atoms with Crippen molar-refractivity contribution in [2.75, 3.05) is 18.4 Å². The highest BCUT2D eigenvalue weighted by molar-refractivity contribution is 5.76. The Morgan fingerprint density at radius 2 is 2.17 bits per heavy atom. The average Bonchev–Trinajstić information content (AvgIpc) is 2.61. The summed E-state index contributed by atoms with van der Waals surface area (Å²) in [6.45, 7) is 5.41. The van der Waals surface area contributed by atoms with Crippen LogP contribution in [0.15, 0.2) is 30.6 Å². The van der Waals surface area contributed by atoms with Gasteiger partial charge in [-0.05, 0) is 31.9 Å². The lowest BCUT2D eigenvalue weighted by Gasteiger charge is -2.32. The minimum Gasteiger partial charge on any atom is -0.342 e. The van der Waals surface area contributed by atoms with Crippen molar-refractivity contribution in [2.45, 2.75) is 39.0 Å². The third-order valence-corrected chi connectivity index (χ3v) is 4.32. The largest absolute Gasteiger partial charge is 0.342 e. The Morgan fingerprint density at radius 1 is 1.33 bits per heavy atom. The first-order valence-electron chi connectivity index (χ1n) is 8.46. The molecule has 126 valence electrons. The van der Waals surface area contributed by atoms with Crippen molar-refractivity contribution in [3.8, 4) is 0 Å². The van der Waals surface area contributed by atoms with Crippen LogP contribution in [0.3, 0.4) is 0 Å². The summed E-state index contributed by atoms with van der Waals surface area (Å²) in [4.78, 5) is 27.4. The molecule has 6 heteroatoms. The maximum absolute atomic E-state index is 12.0. The number of nitrogens with one attached hydrogen (secondary N) is 1. The summed E-state index contributed by atoms with van der Waals surface area (Å²) in [5, 5.41) is 3.28. The van der Waals surface area contributed by atoms with E-state index < -0.39 is 0 Å². The van der Waals surface area contributed by atoms with Gasteiger partial charge in [0, 0.05) is 43.5 Å². The number of anilines is 2. The molecule has 3 rings (SSSR count). The van der Waals surface area contributed by atoms with E-state index in [0.717, 1.165) is 42.4 Å². The van der Waals surface area contributed by atoms with E-state index in [4.69, 9.17) is 0 Å². The van der Waals surface area contributed by atoms with Gasteiger partial charge < -0.3 is 10.2 Å². The van der Waals surface area contributed by atoms with Crippen LogP contribution in [-0.4, -0.2) is 38.8 Å². The molecular weight excluding hydrogens is 302 g/mol. The van der Waals surface area contributed by atoms with E-state index >= 15 is 0 Å². The monoisotopic (exact) mass is 325 g/mol. The van der Waals surface area contributed by atoms with Crippen LogP contribution in [-0.2, 0) is 4.79 Å². The Hall–Kier alpha value is -2.50. The van der Waals surface area contributed by atoms with Gasteiger partial charge in [-0.1, -0.05) is 13.0 Å². The summed E-state index contributed by atoms with van der Waals surface area (Å²) in [5.41, 5.74) is 1.86. The van der Waals surface area contributed by atoms with Crippen LogP contribution in [0, 0.1) is 6.92 Å². The summed E-state index contributed by atoms with van der Waals surface area (Å²) < 4.78 is 0. The number of hydrogen-bond donors (Lipinski definition) is 1. The lowest BCUT2D eigenvalue weighted by molar-refractivity contribution is -0.132. The number of rotatable bonds is 4. The number of carbonyl (C=O) groups excluding carboxylic acids is 1. The van der Waals surface area contributed by atoms with Gasteiger partial charge in [0.05, 0.1) is 5.69 Å². The van der Waals surface area contributed by atoms with E-state index in [1.807, 2.05) is 36.9 Å². The third kappa shape index (κ3) is 3.69. The molecule has 0 aromatic carbocycles. The maximum Gasteiger partial charge on any atom is 0.222 e. The SMILES string of the molecule is CCC(=O)N1CCC[C@H](c2nccnc2Nc2cccc(C)n2)C1. The molecule has 24 heavy (non-hydrogen) atoms. The summed E-state index contributed by atoms with van der Waals surface area (Å²) in [6.07, 6.45) is 5.95. The van der Waals surface area contributed by atoms with Crippen molar-refractivity contribution < 1.29 is 4.79 Å². The van der Waals surface area contributed by atoms with Crippen molar-refractivity contribution >= 4 is 17.5 Å². The Kier molecular flexibility index (Phi) is 5.03.